The largest absolute Gasteiger partial charge is 0.345 e. The van der Waals surface area contributed by atoms with Crippen LogP contribution in [0.4, 0.5) is 0 Å². The molecule has 0 spiro atoms. The quantitative estimate of drug-likeness (QED) is 0.734. The highest BCUT2D eigenvalue weighted by Crippen LogP contribution is 2.25. The Balaban J connectivity index is 1.44. The van der Waals surface area contributed by atoms with E-state index in [-0.39, 0.29) is 23.6 Å². The third-order valence-electron chi connectivity index (χ3n) is 5.22. The molecule has 8 nitrogen and oxygen atoms in total. The number of aromatic nitrogens is 2. The number of amides is 1. The zero-order valence-electron chi connectivity index (χ0n) is 14.8. The fourth-order valence-electron chi connectivity index (χ4n) is 3.71. The zero-order chi connectivity index (χ0) is 18.0. The van der Waals surface area contributed by atoms with E-state index in [1.54, 1.807) is 11.8 Å². The third kappa shape index (κ3) is 4.58. The SMILES string of the molecule is Cc1nc(CCN(C)C(=O)C2CCN([C@@H]3CCS(=O)(=O)C3)CC2)no1. The van der Waals surface area contributed by atoms with Crippen LogP contribution in [0.3, 0.4) is 0 Å². The number of hydrogen-bond donors (Lipinski definition) is 0. The van der Waals surface area contributed by atoms with Gasteiger partial charge in [0.05, 0.1) is 11.5 Å². The van der Waals surface area contributed by atoms with Gasteiger partial charge in [-0.25, -0.2) is 8.42 Å². The van der Waals surface area contributed by atoms with Gasteiger partial charge < -0.3 is 9.42 Å². The average Bonchev–Trinajstić information content (AvgIpc) is 3.17. The molecule has 1 aromatic heterocycles. The number of likely N-dealkylation sites (tertiary alicyclic amines) is 1. The van der Waals surface area contributed by atoms with E-state index in [1.807, 2.05) is 7.05 Å². The van der Waals surface area contributed by atoms with Crippen molar-refractivity contribution in [3.05, 3.63) is 11.7 Å². The van der Waals surface area contributed by atoms with Gasteiger partial charge in [0.25, 0.3) is 0 Å². The highest BCUT2D eigenvalue weighted by atomic mass is 32.2. The van der Waals surface area contributed by atoms with Crippen LogP contribution in [0.25, 0.3) is 0 Å². The zero-order valence-corrected chi connectivity index (χ0v) is 15.7. The summed E-state index contributed by atoms with van der Waals surface area (Å²) in [6.45, 7) is 3.91. The Bertz CT molecular complexity index is 709. The number of piperidine rings is 1. The van der Waals surface area contributed by atoms with Gasteiger partial charge >= 0.3 is 0 Å². The molecule has 1 aromatic rings. The molecule has 0 aromatic carbocycles. The van der Waals surface area contributed by atoms with Crippen LogP contribution in [0, 0.1) is 12.8 Å². The van der Waals surface area contributed by atoms with Crippen LogP contribution in [0.1, 0.15) is 31.0 Å². The van der Waals surface area contributed by atoms with E-state index in [0.717, 1.165) is 32.4 Å². The first-order valence-corrected chi connectivity index (χ1v) is 10.6. The Labute approximate surface area is 148 Å². The number of hydrogen-bond acceptors (Lipinski definition) is 7. The normalized spacial score (nSPS) is 24.5. The van der Waals surface area contributed by atoms with Crippen LogP contribution in [0.15, 0.2) is 4.52 Å². The molecular weight excluding hydrogens is 344 g/mol. The number of sulfone groups is 1. The van der Waals surface area contributed by atoms with Gasteiger partial charge in [-0.2, -0.15) is 4.98 Å². The minimum absolute atomic E-state index is 0.0197. The molecule has 0 bridgehead atoms. The number of carbonyl (C=O) groups is 1. The topological polar surface area (TPSA) is 96.6 Å². The fraction of sp³-hybridized carbons (Fsp3) is 0.812. The van der Waals surface area contributed by atoms with Gasteiger partial charge in [0.1, 0.15) is 0 Å². The summed E-state index contributed by atoms with van der Waals surface area (Å²) in [5, 5.41) is 3.85. The second-order valence-corrected chi connectivity index (χ2v) is 9.34. The molecule has 3 rings (SSSR count). The highest BCUT2D eigenvalue weighted by molar-refractivity contribution is 7.91. The molecule has 0 unspecified atom stereocenters. The van der Waals surface area contributed by atoms with E-state index in [1.165, 1.54) is 0 Å². The van der Waals surface area contributed by atoms with E-state index >= 15 is 0 Å². The molecular formula is C16H26N4O4S. The van der Waals surface area contributed by atoms with Crippen molar-refractivity contribution in [1.82, 2.24) is 19.9 Å². The van der Waals surface area contributed by atoms with Crippen LogP contribution < -0.4 is 0 Å². The second kappa shape index (κ2) is 7.41. The van der Waals surface area contributed by atoms with Crippen molar-refractivity contribution < 1.29 is 17.7 Å². The Kier molecular flexibility index (Phi) is 5.43. The lowest BCUT2D eigenvalue weighted by atomic mass is 9.94. The van der Waals surface area contributed by atoms with Crippen molar-refractivity contribution >= 4 is 15.7 Å². The first-order chi connectivity index (χ1) is 11.8. The van der Waals surface area contributed by atoms with Crippen molar-refractivity contribution in [3.63, 3.8) is 0 Å². The van der Waals surface area contributed by atoms with E-state index in [0.29, 0.717) is 30.4 Å². The third-order valence-corrected chi connectivity index (χ3v) is 6.97. The molecule has 2 saturated heterocycles. The number of likely N-dealkylation sites (N-methyl/N-ethyl adjacent to an activating group) is 1. The first kappa shape index (κ1) is 18.3. The maximum absolute atomic E-state index is 12.6. The minimum Gasteiger partial charge on any atom is -0.345 e. The van der Waals surface area contributed by atoms with Crippen molar-refractivity contribution in [1.29, 1.82) is 0 Å². The molecule has 1 atom stereocenters. The van der Waals surface area contributed by atoms with Crippen molar-refractivity contribution in [2.24, 2.45) is 5.92 Å². The van der Waals surface area contributed by atoms with Gasteiger partial charge in [0, 0.05) is 38.9 Å². The first-order valence-electron chi connectivity index (χ1n) is 8.83. The second-order valence-electron chi connectivity index (χ2n) is 7.11. The summed E-state index contributed by atoms with van der Waals surface area (Å²) in [5.41, 5.74) is 0. The van der Waals surface area contributed by atoms with Gasteiger partial charge in [0.2, 0.25) is 11.8 Å². The Morgan fingerprint density at radius 3 is 2.60 bits per heavy atom. The van der Waals surface area contributed by atoms with Gasteiger partial charge in [-0.05, 0) is 32.4 Å². The molecule has 2 aliphatic rings. The van der Waals surface area contributed by atoms with Crippen molar-refractivity contribution in [3.8, 4) is 0 Å². The molecule has 140 valence electrons. The van der Waals surface area contributed by atoms with E-state index in [9.17, 15) is 13.2 Å². The molecule has 1 amide bonds. The lowest BCUT2D eigenvalue weighted by Gasteiger charge is -2.36. The summed E-state index contributed by atoms with van der Waals surface area (Å²) >= 11 is 0. The summed E-state index contributed by atoms with van der Waals surface area (Å²) in [7, 11) is -1.05. The molecule has 0 aliphatic carbocycles. The van der Waals surface area contributed by atoms with Crippen LogP contribution in [-0.2, 0) is 21.1 Å². The Morgan fingerprint density at radius 2 is 2.04 bits per heavy atom. The summed E-state index contributed by atoms with van der Waals surface area (Å²) in [4.78, 5) is 20.7. The molecule has 3 heterocycles. The van der Waals surface area contributed by atoms with Crippen LogP contribution >= 0.6 is 0 Å². The molecule has 25 heavy (non-hydrogen) atoms. The monoisotopic (exact) mass is 370 g/mol. The van der Waals surface area contributed by atoms with Crippen molar-refractivity contribution in [2.45, 2.75) is 38.6 Å². The van der Waals surface area contributed by atoms with Gasteiger partial charge in [-0.1, -0.05) is 5.16 Å². The van der Waals surface area contributed by atoms with E-state index in [2.05, 4.69) is 15.0 Å². The molecule has 2 fully saturated rings. The number of aryl methyl sites for hydroxylation is 1. The van der Waals surface area contributed by atoms with Crippen molar-refractivity contribution in [2.75, 3.05) is 38.2 Å². The lowest BCUT2D eigenvalue weighted by Crippen LogP contribution is -2.45. The summed E-state index contributed by atoms with van der Waals surface area (Å²) in [6.07, 6.45) is 2.89. The molecule has 0 radical (unpaired) electrons. The summed E-state index contributed by atoms with van der Waals surface area (Å²) < 4.78 is 28.2. The minimum atomic E-state index is -2.86. The molecule has 0 saturated carbocycles. The molecule has 0 N–H and O–H groups in total. The number of rotatable bonds is 5. The lowest BCUT2D eigenvalue weighted by molar-refractivity contribution is -0.135. The Hall–Kier alpha value is -1.48. The molecule has 2 aliphatic heterocycles. The number of nitrogens with zero attached hydrogens (tertiary/aromatic N) is 4. The number of carbonyl (C=O) groups excluding carboxylic acids is 1. The van der Waals surface area contributed by atoms with Crippen LogP contribution in [-0.4, -0.2) is 78.5 Å². The Morgan fingerprint density at radius 1 is 1.32 bits per heavy atom. The van der Waals surface area contributed by atoms with Gasteiger partial charge in [0.15, 0.2) is 15.7 Å². The smallest absolute Gasteiger partial charge is 0.225 e. The molecule has 9 heteroatoms. The van der Waals surface area contributed by atoms with E-state index in [4.69, 9.17) is 4.52 Å². The maximum Gasteiger partial charge on any atom is 0.225 e. The predicted octanol–water partition coefficient (Wildman–Crippen LogP) is 0.278. The van der Waals surface area contributed by atoms with E-state index < -0.39 is 9.84 Å². The highest BCUT2D eigenvalue weighted by Gasteiger charge is 2.35. The average molecular weight is 370 g/mol. The standard InChI is InChI=1S/C16H26N4O4S/c1-12-17-15(18-24-12)5-7-19(2)16(21)13-3-8-20(9-4-13)14-6-10-25(22,23)11-14/h13-14H,3-11H2,1-2H3/t14-/m1/s1. The summed E-state index contributed by atoms with van der Waals surface area (Å²) in [6, 6.07) is 0.139. The van der Waals surface area contributed by atoms with Crippen LogP contribution in [0.2, 0.25) is 0 Å². The van der Waals surface area contributed by atoms with Gasteiger partial charge in [-0.15, -0.1) is 0 Å². The fourth-order valence-corrected chi connectivity index (χ4v) is 5.47. The van der Waals surface area contributed by atoms with Crippen LogP contribution in [0.5, 0.6) is 0 Å². The summed E-state index contributed by atoms with van der Waals surface area (Å²) in [5.74, 6) is 1.90. The van der Waals surface area contributed by atoms with Gasteiger partial charge in [-0.3, -0.25) is 9.69 Å². The predicted molar refractivity (Wildman–Crippen MR) is 91.7 cm³/mol. The maximum atomic E-state index is 12.6.